The zero-order chi connectivity index (χ0) is 21.3. The van der Waals surface area contributed by atoms with E-state index >= 15 is 0 Å². The van der Waals surface area contributed by atoms with Gasteiger partial charge in [0.25, 0.3) is 5.91 Å². The molecule has 0 bridgehead atoms. The molecule has 154 valence electrons. The minimum absolute atomic E-state index is 0.0193. The van der Waals surface area contributed by atoms with E-state index in [1.165, 1.54) is 13.0 Å². The number of benzene rings is 2. The van der Waals surface area contributed by atoms with E-state index in [0.29, 0.717) is 22.9 Å². The lowest BCUT2D eigenvalue weighted by Gasteiger charge is -2.07. The number of furan rings is 1. The van der Waals surface area contributed by atoms with Gasteiger partial charge in [-0.3, -0.25) is 9.59 Å². The molecule has 8 heteroatoms. The molecule has 0 radical (unpaired) electrons. The summed E-state index contributed by atoms with van der Waals surface area (Å²) in [5, 5.41) is 5.22. The first-order valence-corrected chi connectivity index (χ1v) is 9.11. The van der Waals surface area contributed by atoms with Crippen molar-refractivity contribution in [1.29, 1.82) is 0 Å². The Morgan fingerprint density at radius 2 is 1.53 bits per heavy atom. The number of para-hydroxylation sites is 1. The molecule has 0 aliphatic heterocycles. The van der Waals surface area contributed by atoms with Crippen LogP contribution in [0.3, 0.4) is 0 Å². The minimum Gasteiger partial charge on any atom is -0.486 e. The first-order chi connectivity index (χ1) is 14.5. The van der Waals surface area contributed by atoms with E-state index in [1.54, 1.807) is 30.3 Å². The van der Waals surface area contributed by atoms with E-state index in [1.807, 2.05) is 30.3 Å². The third kappa shape index (κ3) is 6.23. The molecule has 30 heavy (non-hydrogen) atoms. The second kappa shape index (κ2) is 9.92. The molecule has 0 saturated heterocycles. The van der Waals surface area contributed by atoms with Crippen molar-refractivity contribution < 1.29 is 28.3 Å². The van der Waals surface area contributed by atoms with Crippen molar-refractivity contribution in [2.45, 2.75) is 13.5 Å². The maximum absolute atomic E-state index is 12.1. The molecule has 3 aromatic rings. The summed E-state index contributed by atoms with van der Waals surface area (Å²) in [6.07, 6.45) is 0. The van der Waals surface area contributed by atoms with Crippen LogP contribution in [0.4, 0.5) is 11.4 Å². The van der Waals surface area contributed by atoms with Crippen LogP contribution in [-0.2, 0) is 20.9 Å². The van der Waals surface area contributed by atoms with E-state index in [9.17, 15) is 14.4 Å². The molecule has 2 aromatic carbocycles. The van der Waals surface area contributed by atoms with Crippen molar-refractivity contribution in [3.05, 3.63) is 78.3 Å². The van der Waals surface area contributed by atoms with Gasteiger partial charge in [-0.05, 0) is 48.5 Å². The Morgan fingerprint density at radius 1 is 0.867 bits per heavy atom. The predicted molar refractivity (Wildman–Crippen MR) is 109 cm³/mol. The number of carbonyl (C=O) groups excluding carboxylic acids is 3. The van der Waals surface area contributed by atoms with Gasteiger partial charge in [0.15, 0.2) is 6.61 Å². The Kier molecular flexibility index (Phi) is 6.83. The fourth-order valence-corrected chi connectivity index (χ4v) is 2.48. The molecule has 3 rings (SSSR count). The summed E-state index contributed by atoms with van der Waals surface area (Å²) in [7, 11) is 0. The zero-order valence-corrected chi connectivity index (χ0v) is 16.2. The first-order valence-electron chi connectivity index (χ1n) is 9.11. The lowest BCUT2D eigenvalue weighted by Crippen LogP contribution is -2.20. The van der Waals surface area contributed by atoms with Crippen LogP contribution >= 0.6 is 0 Å². The Hall–Kier alpha value is -4.07. The molecule has 0 fully saturated rings. The van der Waals surface area contributed by atoms with Crippen LogP contribution in [0.25, 0.3) is 0 Å². The number of amides is 2. The van der Waals surface area contributed by atoms with Crippen LogP contribution in [0.1, 0.15) is 23.2 Å². The quantitative estimate of drug-likeness (QED) is 0.552. The number of rotatable bonds is 8. The summed E-state index contributed by atoms with van der Waals surface area (Å²) in [6.45, 7) is 1.09. The van der Waals surface area contributed by atoms with Gasteiger partial charge in [0.1, 0.15) is 18.1 Å². The van der Waals surface area contributed by atoms with Gasteiger partial charge in [-0.1, -0.05) is 18.2 Å². The number of ether oxygens (including phenoxy) is 2. The highest BCUT2D eigenvalue weighted by atomic mass is 16.6. The monoisotopic (exact) mass is 408 g/mol. The molecule has 8 nitrogen and oxygen atoms in total. The van der Waals surface area contributed by atoms with E-state index in [2.05, 4.69) is 10.6 Å². The fourth-order valence-electron chi connectivity index (χ4n) is 2.48. The Bertz CT molecular complexity index is 1010. The third-order valence-corrected chi connectivity index (χ3v) is 3.81. The zero-order valence-electron chi connectivity index (χ0n) is 16.2. The molecular weight excluding hydrogens is 388 g/mol. The molecule has 2 N–H and O–H groups in total. The average molecular weight is 408 g/mol. The highest BCUT2D eigenvalue weighted by Crippen LogP contribution is 2.15. The van der Waals surface area contributed by atoms with Gasteiger partial charge in [0, 0.05) is 18.3 Å². The van der Waals surface area contributed by atoms with Crippen LogP contribution in [-0.4, -0.2) is 24.4 Å². The molecule has 1 aromatic heterocycles. The highest BCUT2D eigenvalue weighted by molar-refractivity contribution is 5.95. The van der Waals surface area contributed by atoms with Crippen molar-refractivity contribution >= 4 is 29.2 Å². The molecule has 1 heterocycles. The molecule has 0 atom stereocenters. The predicted octanol–water partition coefficient (Wildman–Crippen LogP) is 3.61. The van der Waals surface area contributed by atoms with Gasteiger partial charge < -0.3 is 24.5 Å². The maximum atomic E-state index is 12.1. The second-order valence-corrected chi connectivity index (χ2v) is 6.25. The number of hydrogen-bond acceptors (Lipinski definition) is 6. The van der Waals surface area contributed by atoms with Crippen LogP contribution in [0.2, 0.25) is 0 Å². The highest BCUT2D eigenvalue weighted by Gasteiger charge is 2.15. The molecule has 0 spiro atoms. The van der Waals surface area contributed by atoms with Gasteiger partial charge in [-0.2, -0.15) is 0 Å². The average Bonchev–Trinajstić information content (AvgIpc) is 3.21. The molecular formula is C22H20N2O6. The molecule has 2 amide bonds. The van der Waals surface area contributed by atoms with Gasteiger partial charge in [-0.25, -0.2) is 4.79 Å². The topological polar surface area (TPSA) is 107 Å². The van der Waals surface area contributed by atoms with Crippen LogP contribution in [0.15, 0.2) is 71.1 Å². The van der Waals surface area contributed by atoms with Gasteiger partial charge in [0.05, 0.1) is 0 Å². The maximum Gasteiger partial charge on any atom is 0.374 e. The van der Waals surface area contributed by atoms with Crippen LogP contribution in [0, 0.1) is 0 Å². The van der Waals surface area contributed by atoms with Gasteiger partial charge >= 0.3 is 5.97 Å². The largest absolute Gasteiger partial charge is 0.486 e. The van der Waals surface area contributed by atoms with Crippen molar-refractivity contribution in [2.75, 3.05) is 17.2 Å². The summed E-state index contributed by atoms with van der Waals surface area (Å²) in [6, 6.07) is 18.8. The SMILES string of the molecule is CC(=O)Nc1ccc(NC(=O)COC(=O)c2ccc(COc3ccccc3)o2)cc1. The number of nitrogens with one attached hydrogen (secondary N) is 2. The van der Waals surface area contributed by atoms with E-state index < -0.39 is 18.5 Å². The summed E-state index contributed by atoms with van der Waals surface area (Å²) in [5.74, 6) is -0.332. The minimum atomic E-state index is -0.753. The Balaban J connectivity index is 1.44. The third-order valence-electron chi connectivity index (χ3n) is 3.81. The van der Waals surface area contributed by atoms with Crippen molar-refractivity contribution in [3.8, 4) is 5.75 Å². The van der Waals surface area contributed by atoms with Gasteiger partial charge in [-0.15, -0.1) is 0 Å². The summed E-state index contributed by atoms with van der Waals surface area (Å²) < 4.78 is 15.9. The van der Waals surface area contributed by atoms with E-state index in [4.69, 9.17) is 13.9 Å². The van der Waals surface area contributed by atoms with Crippen LogP contribution < -0.4 is 15.4 Å². The Labute approximate surface area is 172 Å². The van der Waals surface area contributed by atoms with Crippen molar-refractivity contribution in [3.63, 3.8) is 0 Å². The lowest BCUT2D eigenvalue weighted by molar-refractivity contribution is -0.119. The number of esters is 1. The number of anilines is 2. The second-order valence-electron chi connectivity index (χ2n) is 6.25. The van der Waals surface area contributed by atoms with Crippen molar-refractivity contribution in [1.82, 2.24) is 0 Å². The number of carbonyl (C=O) groups is 3. The Morgan fingerprint density at radius 3 is 2.20 bits per heavy atom. The first kappa shape index (κ1) is 20.7. The summed E-state index contributed by atoms with van der Waals surface area (Å²) in [5.41, 5.74) is 1.11. The van der Waals surface area contributed by atoms with E-state index in [0.717, 1.165) is 0 Å². The smallest absolute Gasteiger partial charge is 0.374 e. The fraction of sp³-hybridized carbons (Fsp3) is 0.136. The molecule has 0 saturated carbocycles. The van der Waals surface area contributed by atoms with E-state index in [-0.39, 0.29) is 18.3 Å². The number of hydrogen-bond donors (Lipinski definition) is 2. The standard InChI is InChI=1S/C22H20N2O6/c1-15(25)23-16-7-9-17(10-8-16)24-21(26)14-29-22(27)20-12-11-19(30-20)13-28-18-5-3-2-4-6-18/h2-12H,13-14H2,1H3,(H,23,25)(H,24,26). The molecule has 0 aliphatic carbocycles. The van der Waals surface area contributed by atoms with Gasteiger partial charge in [0.2, 0.25) is 11.7 Å². The van der Waals surface area contributed by atoms with Crippen molar-refractivity contribution in [2.24, 2.45) is 0 Å². The summed E-state index contributed by atoms with van der Waals surface area (Å²) >= 11 is 0. The lowest BCUT2D eigenvalue weighted by atomic mass is 10.2. The molecule has 0 aliphatic rings. The normalized spacial score (nSPS) is 10.2. The molecule has 0 unspecified atom stereocenters. The van der Waals surface area contributed by atoms with Crippen LogP contribution in [0.5, 0.6) is 5.75 Å². The summed E-state index contributed by atoms with van der Waals surface area (Å²) in [4.78, 5) is 35.0.